The van der Waals surface area contributed by atoms with Crippen molar-refractivity contribution >= 4 is 32.6 Å². The van der Waals surface area contributed by atoms with E-state index in [2.05, 4.69) is 9.97 Å². The van der Waals surface area contributed by atoms with Gasteiger partial charge in [-0.05, 0) is 29.8 Å². The Morgan fingerprint density at radius 3 is 2.55 bits per heavy atom. The van der Waals surface area contributed by atoms with Crippen molar-refractivity contribution in [2.45, 2.75) is 6.54 Å². The molecule has 0 aliphatic heterocycles. The number of carbonyl (C=O) groups excluding carboxylic acids is 1. The maximum absolute atomic E-state index is 13.3. The zero-order valence-corrected chi connectivity index (χ0v) is 16.8. The summed E-state index contributed by atoms with van der Waals surface area (Å²) in [6, 6.07) is 18.9. The van der Waals surface area contributed by atoms with E-state index in [9.17, 15) is 4.79 Å². The number of benzene rings is 2. The van der Waals surface area contributed by atoms with Gasteiger partial charge in [-0.3, -0.25) is 9.69 Å². The average Bonchev–Trinajstić information content (AvgIpc) is 3.20. The minimum Gasteiger partial charge on any atom is -0.497 e. The van der Waals surface area contributed by atoms with Gasteiger partial charge in [0.15, 0.2) is 5.13 Å². The van der Waals surface area contributed by atoms with E-state index in [-0.39, 0.29) is 5.91 Å². The van der Waals surface area contributed by atoms with E-state index in [4.69, 9.17) is 9.47 Å². The summed E-state index contributed by atoms with van der Waals surface area (Å²) < 4.78 is 11.4. The first-order chi connectivity index (χ1) is 14.2. The number of carbonyl (C=O) groups is 1. The highest BCUT2D eigenvalue weighted by Gasteiger charge is 2.22. The number of amides is 1. The van der Waals surface area contributed by atoms with Gasteiger partial charge in [0, 0.05) is 12.3 Å². The number of hydrogen-bond acceptors (Lipinski definition) is 6. The Hall–Kier alpha value is -3.45. The quantitative estimate of drug-likeness (QED) is 0.471. The van der Waals surface area contributed by atoms with Crippen LogP contribution in [0.1, 0.15) is 15.9 Å². The Labute approximate surface area is 172 Å². The fourth-order valence-corrected chi connectivity index (χ4v) is 3.90. The molecule has 146 valence electrons. The largest absolute Gasteiger partial charge is 0.497 e. The number of methoxy groups -OCH3 is 2. The Morgan fingerprint density at radius 2 is 1.86 bits per heavy atom. The summed E-state index contributed by atoms with van der Waals surface area (Å²) in [5, 5.41) is 0.623. The van der Waals surface area contributed by atoms with Crippen molar-refractivity contribution in [1.29, 1.82) is 0 Å². The van der Waals surface area contributed by atoms with Crippen LogP contribution in [0.25, 0.3) is 10.2 Å². The van der Waals surface area contributed by atoms with E-state index < -0.39 is 0 Å². The molecule has 0 N–H and O–H groups in total. The van der Waals surface area contributed by atoms with Crippen LogP contribution < -0.4 is 14.4 Å². The first kappa shape index (κ1) is 18.9. The van der Waals surface area contributed by atoms with Crippen LogP contribution in [0.2, 0.25) is 0 Å². The highest BCUT2D eigenvalue weighted by molar-refractivity contribution is 7.22. The van der Waals surface area contributed by atoms with Crippen molar-refractivity contribution in [1.82, 2.24) is 9.97 Å². The number of fused-ring (bicyclic) bond motifs is 1. The summed E-state index contributed by atoms with van der Waals surface area (Å²) in [5.74, 6) is 1.05. The molecule has 0 saturated heterocycles. The standard InChI is InChI=1S/C22H19N3O3S/c1-27-17-9-10-18-19(12-17)29-22(24-18)25(14-15-6-4-3-5-7-15)21(26)16-8-11-20(28-2)23-13-16/h3-13H,14H2,1-2H3. The summed E-state index contributed by atoms with van der Waals surface area (Å²) in [4.78, 5) is 23.9. The van der Waals surface area contributed by atoms with E-state index >= 15 is 0 Å². The SMILES string of the molecule is COc1ccc2nc(N(Cc3ccccc3)C(=O)c3ccc(OC)nc3)sc2c1. The van der Waals surface area contributed by atoms with Gasteiger partial charge in [0.25, 0.3) is 5.91 Å². The van der Waals surface area contributed by atoms with Crippen LogP contribution in [-0.4, -0.2) is 30.1 Å². The number of hydrogen-bond donors (Lipinski definition) is 0. The van der Waals surface area contributed by atoms with Gasteiger partial charge in [0.1, 0.15) is 5.75 Å². The van der Waals surface area contributed by atoms with E-state index in [0.29, 0.717) is 23.1 Å². The number of thiazole rings is 1. The van der Waals surface area contributed by atoms with Gasteiger partial charge in [-0.15, -0.1) is 0 Å². The monoisotopic (exact) mass is 405 g/mol. The van der Waals surface area contributed by atoms with E-state index in [1.54, 1.807) is 31.3 Å². The summed E-state index contributed by atoms with van der Waals surface area (Å²) >= 11 is 1.45. The molecule has 0 bridgehead atoms. The van der Waals surface area contributed by atoms with Crippen LogP contribution in [0.3, 0.4) is 0 Å². The molecule has 0 fully saturated rings. The van der Waals surface area contributed by atoms with Crippen molar-refractivity contribution < 1.29 is 14.3 Å². The third kappa shape index (κ3) is 4.05. The lowest BCUT2D eigenvalue weighted by Crippen LogP contribution is -2.30. The lowest BCUT2D eigenvalue weighted by molar-refractivity contribution is 0.0984. The van der Waals surface area contributed by atoms with Gasteiger partial charge in [-0.1, -0.05) is 41.7 Å². The molecular weight excluding hydrogens is 386 g/mol. The van der Waals surface area contributed by atoms with E-state index in [0.717, 1.165) is 21.5 Å². The predicted molar refractivity (Wildman–Crippen MR) is 114 cm³/mol. The second-order valence-electron chi connectivity index (χ2n) is 6.30. The van der Waals surface area contributed by atoms with Crippen LogP contribution in [0, 0.1) is 0 Å². The molecule has 2 heterocycles. The lowest BCUT2D eigenvalue weighted by atomic mass is 10.2. The highest BCUT2D eigenvalue weighted by Crippen LogP contribution is 2.33. The number of aromatic nitrogens is 2. The predicted octanol–water partition coefficient (Wildman–Crippen LogP) is 4.56. The summed E-state index contributed by atoms with van der Waals surface area (Å²) in [6.07, 6.45) is 1.52. The molecule has 4 aromatic rings. The molecule has 6 nitrogen and oxygen atoms in total. The minimum atomic E-state index is -0.171. The Kier molecular flexibility index (Phi) is 5.39. The molecule has 4 rings (SSSR count). The Bertz CT molecular complexity index is 1130. The molecule has 1 amide bonds. The number of pyridine rings is 1. The summed E-state index contributed by atoms with van der Waals surface area (Å²) in [5.41, 5.74) is 2.31. The fourth-order valence-electron chi connectivity index (χ4n) is 2.91. The third-order valence-corrected chi connectivity index (χ3v) is 5.48. The molecule has 2 aromatic carbocycles. The van der Waals surface area contributed by atoms with Gasteiger partial charge in [0.05, 0.1) is 36.5 Å². The van der Waals surface area contributed by atoms with E-state index in [1.165, 1.54) is 17.5 Å². The number of nitrogens with zero attached hydrogens (tertiary/aromatic N) is 3. The van der Waals surface area contributed by atoms with Crippen molar-refractivity contribution in [2.75, 3.05) is 19.1 Å². The topological polar surface area (TPSA) is 64.5 Å². The second kappa shape index (κ2) is 8.28. The number of ether oxygens (including phenoxy) is 2. The van der Waals surface area contributed by atoms with Crippen molar-refractivity contribution in [2.24, 2.45) is 0 Å². The van der Waals surface area contributed by atoms with Gasteiger partial charge in [-0.2, -0.15) is 0 Å². The summed E-state index contributed by atoms with van der Waals surface area (Å²) in [6.45, 7) is 0.405. The molecule has 0 atom stereocenters. The minimum absolute atomic E-state index is 0.171. The second-order valence-corrected chi connectivity index (χ2v) is 7.31. The first-order valence-corrected chi connectivity index (χ1v) is 9.80. The molecule has 0 radical (unpaired) electrons. The molecular formula is C22H19N3O3S. The normalized spacial score (nSPS) is 10.7. The van der Waals surface area contributed by atoms with Crippen molar-refractivity contribution in [3.63, 3.8) is 0 Å². The van der Waals surface area contributed by atoms with Crippen LogP contribution in [-0.2, 0) is 6.54 Å². The van der Waals surface area contributed by atoms with E-state index in [1.807, 2.05) is 48.5 Å². The molecule has 0 aliphatic carbocycles. The molecule has 0 unspecified atom stereocenters. The zero-order chi connectivity index (χ0) is 20.2. The molecule has 7 heteroatoms. The number of anilines is 1. The Balaban J connectivity index is 1.74. The fraction of sp³-hybridized carbons (Fsp3) is 0.136. The van der Waals surface area contributed by atoms with Gasteiger partial charge >= 0.3 is 0 Å². The molecule has 2 aromatic heterocycles. The Morgan fingerprint density at radius 1 is 1.03 bits per heavy atom. The smallest absolute Gasteiger partial charge is 0.261 e. The average molecular weight is 405 g/mol. The van der Waals surface area contributed by atoms with Crippen molar-refractivity contribution in [3.8, 4) is 11.6 Å². The molecule has 0 spiro atoms. The van der Waals surface area contributed by atoms with Gasteiger partial charge in [-0.25, -0.2) is 9.97 Å². The maximum Gasteiger partial charge on any atom is 0.261 e. The zero-order valence-electron chi connectivity index (χ0n) is 16.0. The molecule has 29 heavy (non-hydrogen) atoms. The lowest BCUT2D eigenvalue weighted by Gasteiger charge is -2.20. The van der Waals surface area contributed by atoms with Crippen LogP contribution in [0.15, 0.2) is 66.9 Å². The highest BCUT2D eigenvalue weighted by atomic mass is 32.1. The molecule has 0 aliphatic rings. The summed E-state index contributed by atoms with van der Waals surface area (Å²) in [7, 11) is 3.17. The maximum atomic E-state index is 13.3. The van der Waals surface area contributed by atoms with Crippen molar-refractivity contribution in [3.05, 3.63) is 78.0 Å². The first-order valence-electron chi connectivity index (χ1n) is 8.98. The third-order valence-electron chi connectivity index (χ3n) is 4.44. The number of rotatable bonds is 6. The van der Waals surface area contributed by atoms with Gasteiger partial charge in [0.2, 0.25) is 5.88 Å². The van der Waals surface area contributed by atoms with Crippen LogP contribution >= 0.6 is 11.3 Å². The van der Waals surface area contributed by atoms with Gasteiger partial charge < -0.3 is 9.47 Å². The van der Waals surface area contributed by atoms with Crippen LogP contribution in [0.5, 0.6) is 11.6 Å². The van der Waals surface area contributed by atoms with Crippen LogP contribution in [0.4, 0.5) is 5.13 Å². The molecule has 0 saturated carbocycles.